The van der Waals surface area contributed by atoms with E-state index in [1.165, 1.54) is 0 Å². The highest BCUT2D eigenvalue weighted by Crippen LogP contribution is 2.27. The molecule has 0 radical (unpaired) electrons. The highest BCUT2D eigenvalue weighted by Gasteiger charge is 2.11. The fraction of sp³-hybridized carbons (Fsp3) is 0.318. The molecule has 0 amide bonds. The minimum Gasteiger partial charge on any atom is -0.507 e. The average Bonchev–Trinajstić information content (AvgIpc) is 2.65. The Morgan fingerprint density at radius 1 is 1.00 bits per heavy atom. The van der Waals surface area contributed by atoms with Gasteiger partial charge in [-0.2, -0.15) is 0 Å². The highest BCUT2D eigenvalue weighted by molar-refractivity contribution is 5.42. The second kappa shape index (κ2) is 9.37. The summed E-state index contributed by atoms with van der Waals surface area (Å²) in [4.78, 5) is 0. The standard InChI is InChI=1S/C22H26O4/c1-15-11-19(12-16(2)22(15)26)20(24)10-6-7-17(14-23)13-21(25)18-8-4-3-5-9-18/h3-6,8-9,11-12,20-21,23-26H,10,13-14H2,1-2H3/t7?,20-,21-/m1/s1. The summed E-state index contributed by atoms with van der Waals surface area (Å²) in [5, 5.41) is 39.9. The quantitative estimate of drug-likeness (QED) is 0.573. The molecular weight excluding hydrogens is 328 g/mol. The van der Waals surface area contributed by atoms with E-state index in [-0.39, 0.29) is 18.8 Å². The molecule has 2 rings (SSSR count). The Kier molecular flexibility index (Phi) is 7.19. The van der Waals surface area contributed by atoms with E-state index < -0.39 is 12.2 Å². The summed E-state index contributed by atoms with van der Waals surface area (Å²) < 4.78 is 0. The first-order valence-corrected chi connectivity index (χ1v) is 8.67. The van der Waals surface area contributed by atoms with Crippen LogP contribution in [0.4, 0.5) is 0 Å². The predicted molar refractivity (Wildman–Crippen MR) is 102 cm³/mol. The van der Waals surface area contributed by atoms with Crippen molar-refractivity contribution >= 4 is 0 Å². The average molecular weight is 354 g/mol. The van der Waals surface area contributed by atoms with E-state index in [0.29, 0.717) is 12.0 Å². The van der Waals surface area contributed by atoms with Gasteiger partial charge in [0.05, 0.1) is 18.8 Å². The number of aryl methyl sites for hydroxylation is 2. The third-order valence-corrected chi connectivity index (χ3v) is 4.36. The van der Waals surface area contributed by atoms with Crippen LogP contribution in [0.2, 0.25) is 0 Å². The molecule has 0 saturated carbocycles. The molecular formula is C22H26O4. The monoisotopic (exact) mass is 354 g/mol. The second-order valence-corrected chi connectivity index (χ2v) is 6.50. The summed E-state index contributed by atoms with van der Waals surface area (Å²) in [6, 6.07) is 12.8. The number of aliphatic hydroxyl groups is 3. The third-order valence-electron chi connectivity index (χ3n) is 4.36. The summed E-state index contributed by atoms with van der Waals surface area (Å²) in [6.07, 6.45) is 0.857. The first-order valence-electron chi connectivity index (χ1n) is 8.67. The number of rotatable bonds is 7. The van der Waals surface area contributed by atoms with Gasteiger partial charge in [0, 0.05) is 12.8 Å². The molecule has 0 aliphatic rings. The molecule has 0 unspecified atom stereocenters. The van der Waals surface area contributed by atoms with E-state index in [2.05, 4.69) is 5.73 Å². The third kappa shape index (κ3) is 5.32. The van der Waals surface area contributed by atoms with Gasteiger partial charge in [0.1, 0.15) is 5.75 Å². The van der Waals surface area contributed by atoms with Gasteiger partial charge >= 0.3 is 0 Å². The molecule has 2 aromatic rings. The van der Waals surface area contributed by atoms with Crippen molar-refractivity contribution in [2.24, 2.45) is 0 Å². The number of aliphatic hydroxyl groups excluding tert-OH is 3. The van der Waals surface area contributed by atoms with Gasteiger partial charge in [0.15, 0.2) is 0 Å². The maximum Gasteiger partial charge on any atom is 0.121 e. The molecule has 0 aliphatic heterocycles. The van der Waals surface area contributed by atoms with Crippen LogP contribution in [0.25, 0.3) is 0 Å². The number of phenolic OH excluding ortho intramolecular Hbond substituents is 1. The first kappa shape index (κ1) is 20.0. The van der Waals surface area contributed by atoms with Crippen LogP contribution in [-0.2, 0) is 0 Å². The van der Waals surface area contributed by atoms with Crippen LogP contribution in [-0.4, -0.2) is 27.0 Å². The number of hydrogen-bond donors (Lipinski definition) is 4. The number of phenols is 1. The summed E-state index contributed by atoms with van der Waals surface area (Å²) >= 11 is 0. The molecule has 0 fully saturated rings. The molecule has 0 aliphatic carbocycles. The van der Waals surface area contributed by atoms with Gasteiger partial charge in [-0.1, -0.05) is 30.3 Å². The summed E-state index contributed by atoms with van der Waals surface area (Å²) in [7, 11) is 0. The van der Waals surface area contributed by atoms with Crippen LogP contribution in [0.15, 0.2) is 59.8 Å². The first-order chi connectivity index (χ1) is 12.4. The van der Waals surface area contributed by atoms with Crippen LogP contribution in [0.5, 0.6) is 5.75 Å². The minimum absolute atomic E-state index is 0.200. The van der Waals surface area contributed by atoms with Crippen molar-refractivity contribution in [2.45, 2.75) is 38.9 Å². The second-order valence-electron chi connectivity index (χ2n) is 6.50. The maximum atomic E-state index is 10.3. The van der Waals surface area contributed by atoms with Crippen molar-refractivity contribution in [1.29, 1.82) is 0 Å². The zero-order valence-electron chi connectivity index (χ0n) is 15.2. The largest absolute Gasteiger partial charge is 0.507 e. The lowest BCUT2D eigenvalue weighted by Gasteiger charge is -2.12. The van der Waals surface area contributed by atoms with Crippen molar-refractivity contribution in [3.05, 3.63) is 82.1 Å². The summed E-state index contributed by atoms with van der Waals surface area (Å²) in [6.45, 7) is 3.39. The number of aromatic hydroxyl groups is 1. The fourth-order valence-electron chi connectivity index (χ4n) is 2.83. The highest BCUT2D eigenvalue weighted by atomic mass is 16.3. The summed E-state index contributed by atoms with van der Waals surface area (Å²) in [5.41, 5.74) is 6.52. The van der Waals surface area contributed by atoms with Crippen LogP contribution < -0.4 is 0 Å². The Hall–Kier alpha value is -2.36. The maximum absolute atomic E-state index is 10.3. The lowest BCUT2D eigenvalue weighted by molar-refractivity contribution is 0.172. The van der Waals surface area contributed by atoms with E-state index in [1.807, 2.05) is 30.3 Å². The van der Waals surface area contributed by atoms with Gasteiger partial charge in [0.25, 0.3) is 0 Å². The van der Waals surface area contributed by atoms with Gasteiger partial charge in [-0.15, -0.1) is 5.73 Å². The van der Waals surface area contributed by atoms with Gasteiger partial charge in [-0.25, -0.2) is 0 Å². The van der Waals surface area contributed by atoms with Crippen molar-refractivity contribution in [2.75, 3.05) is 6.61 Å². The number of hydrogen-bond acceptors (Lipinski definition) is 4. The molecule has 4 N–H and O–H groups in total. The molecule has 26 heavy (non-hydrogen) atoms. The van der Waals surface area contributed by atoms with Gasteiger partial charge < -0.3 is 20.4 Å². The fourth-order valence-corrected chi connectivity index (χ4v) is 2.83. The van der Waals surface area contributed by atoms with Crippen LogP contribution in [0.1, 0.15) is 47.3 Å². The van der Waals surface area contributed by atoms with Gasteiger partial charge in [0.2, 0.25) is 0 Å². The predicted octanol–water partition coefficient (Wildman–Crippen LogP) is 3.63. The van der Waals surface area contributed by atoms with E-state index in [4.69, 9.17) is 0 Å². The van der Waals surface area contributed by atoms with Crippen LogP contribution in [0.3, 0.4) is 0 Å². The summed E-state index contributed by atoms with van der Waals surface area (Å²) in [5.74, 6) is 0.244. The molecule has 0 spiro atoms. The topological polar surface area (TPSA) is 80.9 Å². The lowest BCUT2D eigenvalue weighted by atomic mass is 9.99. The van der Waals surface area contributed by atoms with Gasteiger partial charge in [-0.3, -0.25) is 0 Å². The van der Waals surface area contributed by atoms with Crippen LogP contribution in [0, 0.1) is 13.8 Å². The van der Waals surface area contributed by atoms with E-state index in [0.717, 1.165) is 22.3 Å². The van der Waals surface area contributed by atoms with Gasteiger partial charge in [-0.05, 0) is 59.9 Å². The van der Waals surface area contributed by atoms with Crippen LogP contribution >= 0.6 is 0 Å². The molecule has 0 aromatic heterocycles. The molecule has 0 bridgehead atoms. The Morgan fingerprint density at radius 2 is 1.62 bits per heavy atom. The van der Waals surface area contributed by atoms with E-state index in [1.54, 1.807) is 32.1 Å². The van der Waals surface area contributed by atoms with E-state index in [9.17, 15) is 20.4 Å². The Bertz CT molecular complexity index is 766. The zero-order valence-corrected chi connectivity index (χ0v) is 15.2. The molecule has 0 saturated heterocycles. The smallest absolute Gasteiger partial charge is 0.121 e. The minimum atomic E-state index is -0.723. The Labute approximate surface area is 154 Å². The molecule has 4 nitrogen and oxygen atoms in total. The lowest BCUT2D eigenvalue weighted by Crippen LogP contribution is -2.01. The zero-order chi connectivity index (χ0) is 19.1. The molecule has 0 heterocycles. The Morgan fingerprint density at radius 3 is 2.19 bits per heavy atom. The Balaban J connectivity index is 2.05. The van der Waals surface area contributed by atoms with Crippen molar-refractivity contribution in [3.63, 3.8) is 0 Å². The normalized spacial score (nSPS) is 13.0. The van der Waals surface area contributed by atoms with Crippen molar-refractivity contribution < 1.29 is 20.4 Å². The molecule has 2 aromatic carbocycles. The van der Waals surface area contributed by atoms with Crippen molar-refractivity contribution in [3.8, 4) is 5.75 Å². The molecule has 138 valence electrons. The molecule has 4 heteroatoms. The number of benzene rings is 2. The van der Waals surface area contributed by atoms with E-state index >= 15 is 0 Å². The SMILES string of the molecule is Cc1cc([C@H](O)CC=C=C(CO)C[C@@H](O)c2ccccc2)cc(C)c1O. The molecule has 2 atom stereocenters. The van der Waals surface area contributed by atoms with Crippen molar-refractivity contribution in [1.82, 2.24) is 0 Å².